The van der Waals surface area contributed by atoms with Crippen molar-refractivity contribution in [2.24, 2.45) is 23.7 Å². The van der Waals surface area contributed by atoms with Gasteiger partial charge in [-0.25, -0.2) is 0 Å². The Hall–Kier alpha value is -1.32. The van der Waals surface area contributed by atoms with Crippen LogP contribution in [0.4, 0.5) is 0 Å². The van der Waals surface area contributed by atoms with E-state index in [9.17, 15) is 4.79 Å². The second-order valence-corrected chi connectivity index (χ2v) is 6.87. The van der Waals surface area contributed by atoms with Gasteiger partial charge in [-0.3, -0.25) is 4.79 Å². The normalized spacial score (nSPS) is 33.0. The van der Waals surface area contributed by atoms with Crippen LogP contribution >= 0.6 is 11.6 Å². The number of carbonyl (C=O) groups excluding carboxylic acids is 1. The Balaban J connectivity index is 1.88. The zero-order valence-corrected chi connectivity index (χ0v) is 14.3. The van der Waals surface area contributed by atoms with Crippen molar-refractivity contribution in [3.63, 3.8) is 0 Å². The highest BCUT2D eigenvalue weighted by Crippen LogP contribution is 2.49. The van der Waals surface area contributed by atoms with E-state index >= 15 is 0 Å². The Labute approximate surface area is 142 Å². The smallest absolute Gasteiger partial charge is 0.320 e. The van der Waals surface area contributed by atoms with Crippen molar-refractivity contribution in [1.29, 1.82) is 0 Å². The lowest BCUT2D eigenvalue weighted by Gasteiger charge is -2.48. The van der Waals surface area contributed by atoms with Crippen molar-refractivity contribution in [2.45, 2.75) is 20.0 Å². The van der Waals surface area contributed by atoms with Gasteiger partial charge in [0.2, 0.25) is 0 Å². The van der Waals surface area contributed by atoms with Crippen LogP contribution in [0.15, 0.2) is 42.0 Å². The zero-order chi connectivity index (χ0) is 16.4. The van der Waals surface area contributed by atoms with Gasteiger partial charge in [0.15, 0.2) is 0 Å². The molecule has 124 valence electrons. The molecule has 0 saturated carbocycles. The van der Waals surface area contributed by atoms with Crippen LogP contribution in [0.1, 0.15) is 25.5 Å². The molecule has 1 heterocycles. The first-order valence-electron chi connectivity index (χ1n) is 8.18. The largest absolute Gasteiger partial charge is 0.464 e. The van der Waals surface area contributed by atoms with Gasteiger partial charge in [0.05, 0.1) is 19.3 Å². The predicted molar refractivity (Wildman–Crippen MR) is 90.2 cm³/mol. The van der Waals surface area contributed by atoms with Gasteiger partial charge in [0.1, 0.15) is 5.88 Å². The lowest BCUT2D eigenvalue weighted by molar-refractivity contribution is -0.152. The monoisotopic (exact) mass is 334 g/mol. The Morgan fingerprint density at radius 3 is 2.78 bits per heavy atom. The highest BCUT2D eigenvalue weighted by atomic mass is 35.5. The molecular weight excluding hydrogens is 312 g/mol. The Morgan fingerprint density at radius 2 is 2.09 bits per heavy atom. The minimum absolute atomic E-state index is 0.0240. The molecule has 0 radical (unpaired) electrons. The van der Waals surface area contributed by atoms with Gasteiger partial charge in [-0.05, 0) is 24.3 Å². The average molecular weight is 335 g/mol. The molecule has 5 atom stereocenters. The molecule has 0 aromatic heterocycles. The lowest BCUT2D eigenvalue weighted by Crippen LogP contribution is -2.46. The number of benzene rings is 1. The Bertz CT molecular complexity index is 584. The van der Waals surface area contributed by atoms with E-state index in [0.29, 0.717) is 25.0 Å². The molecule has 4 heteroatoms. The fourth-order valence-corrected chi connectivity index (χ4v) is 4.18. The molecular formula is C19H23ClO3. The highest BCUT2D eigenvalue weighted by Gasteiger charge is 2.46. The summed E-state index contributed by atoms with van der Waals surface area (Å²) in [6.45, 7) is 5.50. The van der Waals surface area contributed by atoms with Crippen LogP contribution in [0.25, 0.3) is 0 Å². The molecule has 3 rings (SSSR count). The number of halogens is 1. The third kappa shape index (κ3) is 3.31. The summed E-state index contributed by atoms with van der Waals surface area (Å²) in [5.41, 5.74) is 2.51. The summed E-state index contributed by atoms with van der Waals surface area (Å²) >= 11 is 5.56. The summed E-state index contributed by atoms with van der Waals surface area (Å²) in [6.07, 6.45) is 2.38. The minimum atomic E-state index is -0.346. The first-order chi connectivity index (χ1) is 11.1. The number of fused-ring (bicyclic) bond motifs is 2. The first-order valence-corrected chi connectivity index (χ1v) is 8.71. The van der Waals surface area contributed by atoms with Gasteiger partial charge in [-0.2, -0.15) is 0 Å². The number of rotatable bonds is 4. The summed E-state index contributed by atoms with van der Waals surface area (Å²) in [5, 5.41) is 0. The van der Waals surface area contributed by atoms with E-state index in [-0.39, 0.29) is 29.8 Å². The van der Waals surface area contributed by atoms with Crippen LogP contribution in [0, 0.1) is 23.7 Å². The zero-order valence-electron chi connectivity index (χ0n) is 13.6. The molecule has 1 saturated heterocycles. The molecule has 2 aliphatic rings. The third-order valence-corrected chi connectivity index (χ3v) is 5.42. The molecule has 0 amide bonds. The molecule has 0 unspecified atom stereocenters. The van der Waals surface area contributed by atoms with Crippen molar-refractivity contribution in [3.8, 4) is 0 Å². The van der Waals surface area contributed by atoms with Gasteiger partial charge in [0.25, 0.3) is 0 Å². The van der Waals surface area contributed by atoms with Crippen molar-refractivity contribution < 1.29 is 14.3 Å². The van der Waals surface area contributed by atoms with Gasteiger partial charge in [-0.1, -0.05) is 48.9 Å². The summed E-state index contributed by atoms with van der Waals surface area (Å²) in [5.74, 6) is 0.901. The van der Waals surface area contributed by atoms with Gasteiger partial charge >= 0.3 is 5.97 Å². The van der Waals surface area contributed by atoms with Gasteiger partial charge in [-0.15, -0.1) is 11.6 Å². The summed E-state index contributed by atoms with van der Waals surface area (Å²) < 4.78 is 11.6. The van der Waals surface area contributed by atoms with E-state index in [2.05, 4.69) is 32.1 Å². The SMILES string of the molecule is CC1=C[C@H](C)[C@@H]2CO[C@@H](c3ccccc3)[C@H]1[C@H]2COC(=O)CCl. The van der Waals surface area contributed by atoms with Crippen molar-refractivity contribution in [1.82, 2.24) is 0 Å². The maximum absolute atomic E-state index is 11.5. The number of carbonyl (C=O) groups is 1. The van der Waals surface area contributed by atoms with E-state index in [1.165, 1.54) is 11.1 Å². The standard InChI is InChI=1S/C19H23ClO3/c1-12-8-13(2)18-16(11-22-17(21)9-20)15(12)10-23-19(18)14-6-4-3-5-7-14/h3-8,12,15-16,18-19H,9-11H2,1-2H3/t12-,15-,16-,18+,19-/m0/s1. The summed E-state index contributed by atoms with van der Waals surface area (Å²) in [4.78, 5) is 11.5. The number of ether oxygens (including phenoxy) is 2. The molecule has 2 bridgehead atoms. The topological polar surface area (TPSA) is 35.5 Å². The highest BCUT2D eigenvalue weighted by molar-refractivity contribution is 6.26. The molecule has 1 fully saturated rings. The molecule has 0 N–H and O–H groups in total. The number of hydrogen-bond acceptors (Lipinski definition) is 3. The van der Waals surface area contributed by atoms with E-state index in [1.807, 2.05) is 18.2 Å². The maximum atomic E-state index is 11.5. The second-order valence-electron chi connectivity index (χ2n) is 6.60. The van der Waals surface area contributed by atoms with Crippen molar-refractivity contribution in [2.75, 3.05) is 19.1 Å². The molecule has 1 aliphatic carbocycles. The molecule has 23 heavy (non-hydrogen) atoms. The predicted octanol–water partition coefficient (Wildman–Crippen LogP) is 3.98. The van der Waals surface area contributed by atoms with Crippen LogP contribution in [0.3, 0.4) is 0 Å². The van der Waals surface area contributed by atoms with Crippen molar-refractivity contribution in [3.05, 3.63) is 47.5 Å². The Morgan fingerprint density at radius 1 is 1.35 bits per heavy atom. The minimum Gasteiger partial charge on any atom is -0.464 e. The third-order valence-electron chi connectivity index (χ3n) is 5.21. The molecule has 1 aliphatic heterocycles. The molecule has 1 aromatic rings. The van der Waals surface area contributed by atoms with Crippen LogP contribution in [0.5, 0.6) is 0 Å². The van der Waals surface area contributed by atoms with Crippen LogP contribution in [-0.2, 0) is 14.3 Å². The Kier molecular flexibility index (Phi) is 5.08. The van der Waals surface area contributed by atoms with E-state index < -0.39 is 0 Å². The van der Waals surface area contributed by atoms with E-state index in [4.69, 9.17) is 21.1 Å². The summed E-state index contributed by atoms with van der Waals surface area (Å²) in [6, 6.07) is 10.3. The molecule has 0 spiro atoms. The first kappa shape index (κ1) is 16.5. The quantitative estimate of drug-likeness (QED) is 0.474. The van der Waals surface area contributed by atoms with Crippen LogP contribution < -0.4 is 0 Å². The number of esters is 1. The number of alkyl halides is 1. The maximum Gasteiger partial charge on any atom is 0.320 e. The summed E-state index contributed by atoms with van der Waals surface area (Å²) in [7, 11) is 0. The molecule has 3 nitrogen and oxygen atoms in total. The van der Waals surface area contributed by atoms with Crippen LogP contribution in [0.2, 0.25) is 0 Å². The van der Waals surface area contributed by atoms with Gasteiger partial charge in [0, 0.05) is 11.8 Å². The van der Waals surface area contributed by atoms with Crippen molar-refractivity contribution >= 4 is 17.6 Å². The number of hydrogen-bond donors (Lipinski definition) is 0. The lowest BCUT2D eigenvalue weighted by atomic mass is 9.64. The van der Waals surface area contributed by atoms with E-state index in [0.717, 1.165) is 0 Å². The van der Waals surface area contributed by atoms with E-state index in [1.54, 1.807) is 0 Å². The fraction of sp³-hybridized carbons (Fsp3) is 0.526. The fourth-order valence-electron chi connectivity index (χ4n) is 4.10. The van der Waals surface area contributed by atoms with Crippen LogP contribution in [-0.4, -0.2) is 25.1 Å². The molecule has 1 aromatic carbocycles. The second kappa shape index (κ2) is 7.06. The number of allylic oxidation sites excluding steroid dienone is 1. The van der Waals surface area contributed by atoms with Gasteiger partial charge < -0.3 is 9.47 Å². The average Bonchev–Trinajstić information content (AvgIpc) is 2.58.